The van der Waals surface area contributed by atoms with Gasteiger partial charge in [-0.05, 0) is 42.8 Å². The Bertz CT molecular complexity index is 862. The van der Waals surface area contributed by atoms with E-state index in [0.717, 1.165) is 0 Å². The fourth-order valence-electron chi connectivity index (χ4n) is 2.51. The van der Waals surface area contributed by atoms with E-state index in [1.807, 2.05) is 0 Å². The molecule has 0 saturated carbocycles. The molecule has 128 valence electrons. The summed E-state index contributed by atoms with van der Waals surface area (Å²) < 4.78 is 10.2. The smallest absolute Gasteiger partial charge is 0.338 e. The Morgan fingerprint density at radius 1 is 1.20 bits per heavy atom. The third-order valence-electron chi connectivity index (χ3n) is 3.77. The van der Waals surface area contributed by atoms with Gasteiger partial charge < -0.3 is 20.1 Å². The summed E-state index contributed by atoms with van der Waals surface area (Å²) in [5.41, 5.74) is 2.02. The second-order valence-electron chi connectivity index (χ2n) is 5.49. The number of rotatable bonds is 3. The van der Waals surface area contributed by atoms with Crippen molar-refractivity contribution < 1.29 is 23.9 Å². The Balaban J connectivity index is 1.75. The third kappa shape index (κ3) is 3.30. The number of hydrogen-bond donors (Lipinski definition) is 2. The predicted octanol–water partition coefficient (Wildman–Crippen LogP) is 2.12. The normalized spacial score (nSPS) is 15.4. The second kappa shape index (κ2) is 6.64. The highest BCUT2D eigenvalue weighted by molar-refractivity contribution is 6.15. The SMILES string of the molecule is COC(=O)c1ccc(NC(=O)C2Oc3ccccc3NC2=O)cc1C. The van der Waals surface area contributed by atoms with Crippen molar-refractivity contribution in [1.82, 2.24) is 0 Å². The van der Waals surface area contributed by atoms with Gasteiger partial charge in [-0.25, -0.2) is 4.79 Å². The Kier molecular flexibility index (Phi) is 4.38. The van der Waals surface area contributed by atoms with Gasteiger partial charge in [-0.2, -0.15) is 0 Å². The van der Waals surface area contributed by atoms with Gasteiger partial charge in [0.2, 0.25) is 0 Å². The van der Waals surface area contributed by atoms with Crippen LogP contribution in [0, 0.1) is 6.92 Å². The Morgan fingerprint density at radius 3 is 2.68 bits per heavy atom. The third-order valence-corrected chi connectivity index (χ3v) is 3.77. The molecule has 1 atom stereocenters. The van der Waals surface area contributed by atoms with Crippen molar-refractivity contribution in [3.05, 3.63) is 53.6 Å². The predicted molar refractivity (Wildman–Crippen MR) is 90.6 cm³/mol. The van der Waals surface area contributed by atoms with E-state index in [1.165, 1.54) is 7.11 Å². The van der Waals surface area contributed by atoms with Crippen molar-refractivity contribution in [2.75, 3.05) is 17.7 Å². The zero-order valence-electron chi connectivity index (χ0n) is 13.7. The number of fused-ring (bicyclic) bond motifs is 1. The van der Waals surface area contributed by atoms with Crippen molar-refractivity contribution in [2.24, 2.45) is 0 Å². The molecule has 0 saturated heterocycles. The minimum atomic E-state index is -1.30. The minimum Gasteiger partial charge on any atom is -0.468 e. The zero-order chi connectivity index (χ0) is 18.0. The summed E-state index contributed by atoms with van der Waals surface area (Å²) in [7, 11) is 1.30. The lowest BCUT2D eigenvalue weighted by atomic mass is 10.1. The molecule has 2 amide bonds. The van der Waals surface area contributed by atoms with Gasteiger partial charge in [-0.1, -0.05) is 12.1 Å². The fraction of sp³-hybridized carbons (Fsp3) is 0.167. The van der Waals surface area contributed by atoms with E-state index < -0.39 is 23.9 Å². The molecule has 2 N–H and O–H groups in total. The summed E-state index contributed by atoms with van der Waals surface area (Å²) in [5.74, 6) is -1.17. The van der Waals surface area contributed by atoms with Gasteiger partial charge in [-0.3, -0.25) is 9.59 Å². The molecule has 25 heavy (non-hydrogen) atoms. The van der Waals surface area contributed by atoms with Crippen LogP contribution >= 0.6 is 0 Å². The van der Waals surface area contributed by atoms with Crippen LogP contribution in [0.2, 0.25) is 0 Å². The van der Waals surface area contributed by atoms with Gasteiger partial charge in [0.1, 0.15) is 5.75 Å². The summed E-state index contributed by atoms with van der Waals surface area (Å²) in [6.07, 6.45) is -1.30. The second-order valence-corrected chi connectivity index (χ2v) is 5.49. The molecule has 0 radical (unpaired) electrons. The number of para-hydroxylation sites is 2. The topological polar surface area (TPSA) is 93.7 Å². The van der Waals surface area contributed by atoms with E-state index >= 15 is 0 Å². The average molecular weight is 340 g/mol. The highest BCUT2D eigenvalue weighted by Crippen LogP contribution is 2.29. The number of anilines is 2. The molecule has 1 aliphatic heterocycles. The van der Waals surface area contributed by atoms with Crippen molar-refractivity contribution >= 4 is 29.2 Å². The average Bonchev–Trinajstić information content (AvgIpc) is 2.60. The minimum absolute atomic E-state index is 0.404. The Morgan fingerprint density at radius 2 is 1.96 bits per heavy atom. The number of carbonyl (C=O) groups is 3. The number of ether oxygens (including phenoxy) is 2. The first-order valence-electron chi connectivity index (χ1n) is 7.56. The van der Waals surface area contributed by atoms with Crippen LogP contribution in [-0.2, 0) is 14.3 Å². The largest absolute Gasteiger partial charge is 0.468 e. The first-order valence-corrected chi connectivity index (χ1v) is 7.56. The summed E-state index contributed by atoms with van der Waals surface area (Å²) in [6, 6.07) is 11.6. The monoisotopic (exact) mass is 340 g/mol. The van der Waals surface area contributed by atoms with Crippen LogP contribution in [0.15, 0.2) is 42.5 Å². The van der Waals surface area contributed by atoms with Crippen LogP contribution in [-0.4, -0.2) is 31.0 Å². The number of nitrogens with one attached hydrogen (secondary N) is 2. The van der Waals surface area contributed by atoms with Gasteiger partial charge in [-0.15, -0.1) is 0 Å². The van der Waals surface area contributed by atoms with Crippen molar-refractivity contribution in [1.29, 1.82) is 0 Å². The van der Waals surface area contributed by atoms with E-state index in [2.05, 4.69) is 15.4 Å². The van der Waals surface area contributed by atoms with Crippen LogP contribution in [0.5, 0.6) is 5.75 Å². The van der Waals surface area contributed by atoms with E-state index in [0.29, 0.717) is 28.3 Å². The molecule has 1 unspecified atom stereocenters. The molecule has 2 aromatic carbocycles. The fourth-order valence-corrected chi connectivity index (χ4v) is 2.51. The number of hydrogen-bond acceptors (Lipinski definition) is 5. The standard InChI is InChI=1S/C18H16N2O5/c1-10-9-11(7-8-12(10)18(23)24-2)19-16(21)15-17(22)20-13-5-3-4-6-14(13)25-15/h3-9,15H,1-2H3,(H,19,21)(H,20,22). The molecule has 1 aliphatic rings. The molecule has 0 aliphatic carbocycles. The number of methoxy groups -OCH3 is 1. The van der Waals surface area contributed by atoms with Crippen LogP contribution in [0.4, 0.5) is 11.4 Å². The molecule has 3 rings (SSSR count). The van der Waals surface area contributed by atoms with Gasteiger partial charge in [0.25, 0.3) is 17.9 Å². The van der Waals surface area contributed by atoms with Crippen LogP contribution in [0.3, 0.4) is 0 Å². The molecular weight excluding hydrogens is 324 g/mol. The lowest BCUT2D eigenvalue weighted by Gasteiger charge is -2.25. The number of benzene rings is 2. The van der Waals surface area contributed by atoms with Gasteiger partial charge in [0.05, 0.1) is 18.4 Å². The first kappa shape index (κ1) is 16.5. The number of amides is 2. The first-order chi connectivity index (χ1) is 12.0. The molecule has 2 aromatic rings. The molecule has 0 spiro atoms. The maximum atomic E-state index is 12.4. The van der Waals surface area contributed by atoms with Gasteiger partial charge in [0.15, 0.2) is 0 Å². The van der Waals surface area contributed by atoms with Crippen LogP contribution in [0.1, 0.15) is 15.9 Å². The van der Waals surface area contributed by atoms with Crippen LogP contribution in [0.25, 0.3) is 0 Å². The maximum Gasteiger partial charge on any atom is 0.338 e. The number of carbonyl (C=O) groups excluding carboxylic acids is 3. The maximum absolute atomic E-state index is 12.4. The summed E-state index contributed by atoms with van der Waals surface area (Å²) >= 11 is 0. The van der Waals surface area contributed by atoms with Crippen molar-refractivity contribution in [3.63, 3.8) is 0 Å². The van der Waals surface area contributed by atoms with Crippen molar-refractivity contribution in [2.45, 2.75) is 13.0 Å². The lowest BCUT2D eigenvalue weighted by molar-refractivity contribution is -0.133. The lowest BCUT2D eigenvalue weighted by Crippen LogP contribution is -2.45. The Labute approximate surface area is 143 Å². The highest BCUT2D eigenvalue weighted by atomic mass is 16.5. The molecule has 7 nitrogen and oxygen atoms in total. The molecular formula is C18H16N2O5. The Hall–Kier alpha value is -3.35. The molecule has 0 bridgehead atoms. The molecule has 1 heterocycles. The zero-order valence-corrected chi connectivity index (χ0v) is 13.7. The van der Waals surface area contributed by atoms with E-state index in [9.17, 15) is 14.4 Å². The molecule has 7 heteroatoms. The molecule has 0 fully saturated rings. The molecule has 0 aromatic heterocycles. The summed E-state index contributed by atoms with van der Waals surface area (Å²) in [6.45, 7) is 1.72. The summed E-state index contributed by atoms with van der Waals surface area (Å²) in [5, 5.41) is 5.25. The van der Waals surface area contributed by atoms with E-state index in [-0.39, 0.29) is 0 Å². The van der Waals surface area contributed by atoms with E-state index in [4.69, 9.17) is 4.74 Å². The van der Waals surface area contributed by atoms with Crippen LogP contribution < -0.4 is 15.4 Å². The number of esters is 1. The van der Waals surface area contributed by atoms with Crippen molar-refractivity contribution in [3.8, 4) is 5.75 Å². The van der Waals surface area contributed by atoms with E-state index in [1.54, 1.807) is 49.4 Å². The summed E-state index contributed by atoms with van der Waals surface area (Å²) in [4.78, 5) is 36.1. The quantitative estimate of drug-likeness (QED) is 0.659. The highest BCUT2D eigenvalue weighted by Gasteiger charge is 2.33. The van der Waals surface area contributed by atoms with Gasteiger partial charge in [0, 0.05) is 5.69 Å². The number of aryl methyl sites for hydroxylation is 1. The van der Waals surface area contributed by atoms with Gasteiger partial charge >= 0.3 is 5.97 Å².